The molecule has 68 valence electrons. The molecule has 0 unspecified atom stereocenters. The fourth-order valence-electron chi connectivity index (χ4n) is 1.41. The smallest absolute Gasteiger partial charge is 0.113 e. The van der Waals surface area contributed by atoms with Crippen molar-refractivity contribution in [3.8, 4) is 0 Å². The summed E-state index contributed by atoms with van der Waals surface area (Å²) in [6, 6.07) is 6.27. The highest BCUT2D eigenvalue weighted by atomic mass is 15.4. The van der Waals surface area contributed by atoms with E-state index in [0.29, 0.717) is 0 Å². The minimum atomic E-state index is 0.902. The van der Waals surface area contributed by atoms with Crippen molar-refractivity contribution >= 4 is 11.0 Å². The summed E-state index contributed by atoms with van der Waals surface area (Å²) < 4.78 is 1.92. The van der Waals surface area contributed by atoms with Crippen molar-refractivity contribution in [3.05, 3.63) is 23.8 Å². The first kappa shape index (κ1) is 8.19. The molecule has 0 saturated heterocycles. The van der Waals surface area contributed by atoms with Crippen molar-refractivity contribution < 1.29 is 0 Å². The first-order valence-electron chi connectivity index (χ1n) is 4.26. The van der Waals surface area contributed by atoms with Crippen molar-refractivity contribution in [1.29, 1.82) is 0 Å². The van der Waals surface area contributed by atoms with Gasteiger partial charge in [0.15, 0.2) is 0 Å². The SMILES string of the molecule is CNC.c1cc2c3cc1Cn2nn3. The van der Waals surface area contributed by atoms with E-state index >= 15 is 0 Å². The number of hydrogen-bond acceptors (Lipinski definition) is 3. The van der Waals surface area contributed by atoms with Crippen LogP contribution in [-0.2, 0) is 6.54 Å². The molecule has 0 fully saturated rings. The molecule has 13 heavy (non-hydrogen) atoms. The van der Waals surface area contributed by atoms with Gasteiger partial charge in [-0.15, -0.1) is 5.10 Å². The Balaban J connectivity index is 0.000000196. The third-order valence-corrected chi connectivity index (χ3v) is 1.91. The number of nitrogens with one attached hydrogen (secondary N) is 1. The zero-order valence-corrected chi connectivity index (χ0v) is 7.78. The Morgan fingerprint density at radius 2 is 2.15 bits per heavy atom. The second-order valence-corrected chi connectivity index (χ2v) is 3.07. The van der Waals surface area contributed by atoms with Crippen LogP contribution >= 0.6 is 0 Å². The fraction of sp³-hybridized carbons (Fsp3) is 0.333. The van der Waals surface area contributed by atoms with Crippen molar-refractivity contribution in [3.63, 3.8) is 0 Å². The van der Waals surface area contributed by atoms with Gasteiger partial charge < -0.3 is 5.32 Å². The van der Waals surface area contributed by atoms with Gasteiger partial charge in [0.25, 0.3) is 0 Å². The summed E-state index contributed by atoms with van der Waals surface area (Å²) in [7, 11) is 3.75. The Morgan fingerprint density at radius 3 is 2.69 bits per heavy atom. The summed E-state index contributed by atoms with van der Waals surface area (Å²) in [5.41, 5.74) is 3.47. The highest BCUT2D eigenvalue weighted by Crippen LogP contribution is 2.19. The zero-order valence-electron chi connectivity index (χ0n) is 7.78. The molecule has 4 bridgehead atoms. The van der Waals surface area contributed by atoms with E-state index in [2.05, 4.69) is 33.8 Å². The minimum Gasteiger partial charge on any atom is -0.323 e. The molecule has 2 aromatic rings. The molecule has 0 aliphatic carbocycles. The van der Waals surface area contributed by atoms with E-state index < -0.39 is 0 Å². The molecule has 2 aliphatic rings. The van der Waals surface area contributed by atoms with Gasteiger partial charge in [0.2, 0.25) is 0 Å². The van der Waals surface area contributed by atoms with Gasteiger partial charge in [0.05, 0.1) is 12.1 Å². The maximum atomic E-state index is 3.98. The Bertz CT molecular complexity index is 418. The predicted molar refractivity (Wildman–Crippen MR) is 51.6 cm³/mol. The summed E-state index contributed by atoms with van der Waals surface area (Å²) in [6.07, 6.45) is 0. The van der Waals surface area contributed by atoms with Gasteiger partial charge in [0.1, 0.15) is 5.52 Å². The number of rotatable bonds is 0. The largest absolute Gasteiger partial charge is 0.323 e. The molecule has 1 aromatic carbocycles. The van der Waals surface area contributed by atoms with Gasteiger partial charge in [-0.3, -0.25) is 0 Å². The molecular weight excluding hydrogens is 164 g/mol. The van der Waals surface area contributed by atoms with Crippen LogP contribution in [0.25, 0.3) is 11.0 Å². The number of nitrogens with zero attached hydrogens (tertiary/aromatic N) is 3. The van der Waals surface area contributed by atoms with Crippen LogP contribution in [-0.4, -0.2) is 29.1 Å². The molecule has 0 amide bonds. The first-order chi connectivity index (χ1) is 6.35. The van der Waals surface area contributed by atoms with Crippen LogP contribution in [0.2, 0.25) is 0 Å². The third-order valence-electron chi connectivity index (χ3n) is 1.91. The monoisotopic (exact) mass is 176 g/mol. The van der Waals surface area contributed by atoms with Crippen LogP contribution in [0.4, 0.5) is 0 Å². The lowest BCUT2D eigenvalue weighted by molar-refractivity contribution is 0.668. The summed E-state index contributed by atoms with van der Waals surface area (Å²) in [4.78, 5) is 0. The number of benzene rings is 1. The Morgan fingerprint density at radius 1 is 1.38 bits per heavy atom. The lowest BCUT2D eigenvalue weighted by atomic mass is 10.1. The Kier molecular flexibility index (Phi) is 1.98. The van der Waals surface area contributed by atoms with E-state index in [1.54, 1.807) is 0 Å². The summed E-state index contributed by atoms with van der Waals surface area (Å²) in [5.74, 6) is 0. The van der Waals surface area contributed by atoms with Gasteiger partial charge >= 0.3 is 0 Å². The molecular formula is C9H12N4. The zero-order chi connectivity index (χ0) is 9.26. The first-order valence-corrected chi connectivity index (χ1v) is 4.26. The lowest BCUT2D eigenvalue weighted by Crippen LogP contribution is -2.04. The topological polar surface area (TPSA) is 42.7 Å². The molecule has 1 N–H and O–H groups in total. The van der Waals surface area contributed by atoms with Crippen molar-refractivity contribution in [2.45, 2.75) is 6.54 Å². The van der Waals surface area contributed by atoms with E-state index in [1.165, 1.54) is 5.56 Å². The molecule has 4 rings (SSSR count). The highest BCUT2D eigenvalue weighted by molar-refractivity contribution is 5.76. The molecule has 3 heterocycles. The standard InChI is InChI=1S/C7H5N3.C2H7N/c1-2-7-6-3-5(1)4-10(7)9-8-6;1-3-2/h1-3H,4H2;3H,1-2H3. The van der Waals surface area contributed by atoms with E-state index in [0.717, 1.165) is 17.6 Å². The Labute approximate surface area is 76.6 Å². The molecule has 0 spiro atoms. The maximum Gasteiger partial charge on any atom is 0.113 e. The van der Waals surface area contributed by atoms with E-state index in [9.17, 15) is 0 Å². The van der Waals surface area contributed by atoms with Crippen LogP contribution < -0.4 is 5.32 Å². The maximum absolute atomic E-state index is 3.98. The van der Waals surface area contributed by atoms with E-state index in [4.69, 9.17) is 0 Å². The van der Waals surface area contributed by atoms with E-state index in [1.807, 2.05) is 18.8 Å². The van der Waals surface area contributed by atoms with Gasteiger partial charge in [-0.25, -0.2) is 4.68 Å². The van der Waals surface area contributed by atoms with Gasteiger partial charge in [0, 0.05) is 0 Å². The molecule has 0 saturated carbocycles. The van der Waals surface area contributed by atoms with Crippen LogP contribution in [0.15, 0.2) is 18.2 Å². The molecule has 4 heteroatoms. The fourth-order valence-corrected chi connectivity index (χ4v) is 1.41. The third kappa shape index (κ3) is 1.29. The summed E-state index contributed by atoms with van der Waals surface area (Å²) >= 11 is 0. The second-order valence-electron chi connectivity index (χ2n) is 3.07. The molecule has 1 aromatic heterocycles. The predicted octanol–water partition coefficient (Wildman–Crippen LogP) is 0.629. The van der Waals surface area contributed by atoms with Crippen molar-refractivity contribution in [2.24, 2.45) is 0 Å². The average Bonchev–Trinajstić information content (AvgIpc) is 2.44. The van der Waals surface area contributed by atoms with Crippen LogP contribution in [0.5, 0.6) is 0 Å². The van der Waals surface area contributed by atoms with Crippen LogP contribution in [0, 0.1) is 0 Å². The van der Waals surface area contributed by atoms with Crippen molar-refractivity contribution in [1.82, 2.24) is 20.3 Å². The van der Waals surface area contributed by atoms with Crippen LogP contribution in [0.3, 0.4) is 0 Å². The Hall–Kier alpha value is -1.42. The quantitative estimate of drug-likeness (QED) is 0.546. The highest BCUT2D eigenvalue weighted by Gasteiger charge is 2.11. The number of hydrogen-bond donors (Lipinski definition) is 1. The van der Waals surface area contributed by atoms with Gasteiger partial charge in [-0.2, -0.15) is 0 Å². The second kappa shape index (κ2) is 3.14. The van der Waals surface area contributed by atoms with Gasteiger partial charge in [-0.05, 0) is 31.8 Å². The van der Waals surface area contributed by atoms with Gasteiger partial charge in [-0.1, -0.05) is 11.3 Å². The average molecular weight is 176 g/mol. The number of aromatic nitrogens is 3. The summed E-state index contributed by atoms with van der Waals surface area (Å²) in [6.45, 7) is 0.902. The normalized spacial score (nSPS) is 11.8. The van der Waals surface area contributed by atoms with Crippen LogP contribution in [0.1, 0.15) is 5.56 Å². The molecule has 0 radical (unpaired) electrons. The molecule has 2 aliphatic heterocycles. The minimum absolute atomic E-state index is 0.902. The molecule has 0 atom stereocenters. The number of fused-ring (bicyclic) bond motifs is 1. The lowest BCUT2D eigenvalue weighted by Gasteiger charge is -2.07. The van der Waals surface area contributed by atoms with E-state index in [-0.39, 0.29) is 0 Å². The van der Waals surface area contributed by atoms with Crippen molar-refractivity contribution in [2.75, 3.05) is 14.1 Å². The summed E-state index contributed by atoms with van der Waals surface area (Å²) in [5, 5.41) is 10.7. The molecule has 4 nitrogen and oxygen atoms in total.